The van der Waals surface area contributed by atoms with Crippen LogP contribution in [0, 0.1) is 6.92 Å². The fourth-order valence-corrected chi connectivity index (χ4v) is 4.32. The summed E-state index contributed by atoms with van der Waals surface area (Å²) in [6.45, 7) is 6.60. The predicted molar refractivity (Wildman–Crippen MR) is 88.6 cm³/mol. The fourth-order valence-electron chi connectivity index (χ4n) is 4.32. The molecule has 1 aromatic rings. The summed E-state index contributed by atoms with van der Waals surface area (Å²) in [6.07, 6.45) is 4.09. The van der Waals surface area contributed by atoms with Gasteiger partial charge in [0.15, 0.2) is 0 Å². The Bertz CT molecular complexity index is 654. The van der Waals surface area contributed by atoms with E-state index in [1.165, 1.54) is 0 Å². The molecule has 0 unspecified atom stereocenters. The molecule has 0 bridgehead atoms. The molecule has 0 radical (unpaired) electrons. The van der Waals surface area contributed by atoms with Crippen LogP contribution in [0.4, 0.5) is 0 Å². The first-order valence-electron chi connectivity index (χ1n) is 8.49. The van der Waals surface area contributed by atoms with Crippen LogP contribution in [0.2, 0.25) is 0 Å². The van der Waals surface area contributed by atoms with Gasteiger partial charge >= 0.3 is 0 Å². The van der Waals surface area contributed by atoms with Gasteiger partial charge in [0.1, 0.15) is 0 Å². The standard InChI is InChI=1S/C17H26N4O3/c1-11-12(9-19-20-11)15(23)21-7-5-6-17(21)10-16(2,3)24-13(17)8-14(22)18-4/h9,13H,5-8,10H2,1-4H3,(H,18,22)(H,19,20)/t13-,17+/m0/s1. The lowest BCUT2D eigenvalue weighted by Crippen LogP contribution is -2.53. The molecule has 7 nitrogen and oxygen atoms in total. The van der Waals surface area contributed by atoms with Gasteiger partial charge in [-0.3, -0.25) is 14.7 Å². The highest BCUT2D eigenvalue weighted by molar-refractivity contribution is 5.96. The fraction of sp³-hybridized carbons (Fsp3) is 0.706. The second-order valence-electron chi connectivity index (χ2n) is 7.49. The number of H-pyrrole nitrogens is 1. The van der Waals surface area contributed by atoms with E-state index in [0.29, 0.717) is 12.1 Å². The summed E-state index contributed by atoms with van der Waals surface area (Å²) in [4.78, 5) is 27.0. The number of carbonyl (C=O) groups excluding carboxylic acids is 2. The van der Waals surface area contributed by atoms with E-state index in [-0.39, 0.29) is 29.9 Å². The van der Waals surface area contributed by atoms with Gasteiger partial charge in [-0.25, -0.2) is 0 Å². The summed E-state index contributed by atoms with van der Waals surface area (Å²) < 4.78 is 6.21. The van der Waals surface area contributed by atoms with Crippen molar-refractivity contribution in [3.63, 3.8) is 0 Å². The molecule has 132 valence electrons. The Balaban J connectivity index is 1.94. The molecule has 2 atom stereocenters. The average Bonchev–Trinajstić information content (AvgIpc) is 3.17. The molecule has 2 N–H and O–H groups in total. The highest BCUT2D eigenvalue weighted by Crippen LogP contribution is 2.49. The molecule has 7 heteroatoms. The minimum atomic E-state index is -0.420. The summed E-state index contributed by atoms with van der Waals surface area (Å²) in [5.74, 6) is -0.0853. The van der Waals surface area contributed by atoms with Crippen LogP contribution in [0.3, 0.4) is 0 Å². The number of hydrogen-bond donors (Lipinski definition) is 2. The topological polar surface area (TPSA) is 87.3 Å². The predicted octanol–water partition coefficient (Wildman–Crippen LogP) is 1.40. The molecule has 2 aliphatic heterocycles. The third-order valence-electron chi connectivity index (χ3n) is 5.28. The third kappa shape index (κ3) is 2.70. The Hall–Kier alpha value is -1.89. The number of carbonyl (C=O) groups is 2. The summed E-state index contributed by atoms with van der Waals surface area (Å²) in [6, 6.07) is 0. The van der Waals surface area contributed by atoms with Crippen LogP contribution >= 0.6 is 0 Å². The molecule has 2 fully saturated rings. The van der Waals surface area contributed by atoms with E-state index in [4.69, 9.17) is 4.74 Å². The summed E-state index contributed by atoms with van der Waals surface area (Å²) in [5, 5.41) is 9.47. The summed E-state index contributed by atoms with van der Waals surface area (Å²) in [7, 11) is 1.63. The minimum absolute atomic E-state index is 0.0260. The Morgan fingerprint density at radius 2 is 2.25 bits per heavy atom. The molecule has 0 aliphatic carbocycles. The maximum Gasteiger partial charge on any atom is 0.257 e. The zero-order chi connectivity index (χ0) is 17.5. The number of aryl methyl sites for hydroxylation is 1. The number of aromatic amines is 1. The quantitative estimate of drug-likeness (QED) is 0.874. The molecule has 0 saturated carbocycles. The highest BCUT2D eigenvalue weighted by atomic mass is 16.5. The van der Waals surface area contributed by atoms with E-state index < -0.39 is 5.54 Å². The lowest BCUT2D eigenvalue weighted by molar-refractivity contribution is -0.126. The molecule has 0 aromatic carbocycles. The molecule has 2 amide bonds. The Labute approximate surface area is 142 Å². The van der Waals surface area contributed by atoms with Crippen LogP contribution in [0.15, 0.2) is 6.20 Å². The van der Waals surface area contributed by atoms with Crippen molar-refractivity contribution in [2.45, 2.75) is 63.7 Å². The van der Waals surface area contributed by atoms with E-state index in [0.717, 1.165) is 25.0 Å². The van der Waals surface area contributed by atoms with Gasteiger partial charge in [-0.1, -0.05) is 0 Å². The molecule has 2 saturated heterocycles. The lowest BCUT2D eigenvalue weighted by Gasteiger charge is -2.38. The van der Waals surface area contributed by atoms with Crippen LogP contribution < -0.4 is 5.32 Å². The van der Waals surface area contributed by atoms with Crippen molar-refractivity contribution >= 4 is 11.8 Å². The van der Waals surface area contributed by atoms with Crippen molar-refractivity contribution in [2.24, 2.45) is 0 Å². The van der Waals surface area contributed by atoms with Gasteiger partial charge in [0.05, 0.1) is 35.4 Å². The van der Waals surface area contributed by atoms with E-state index in [2.05, 4.69) is 15.5 Å². The maximum atomic E-state index is 13.1. The first kappa shape index (κ1) is 17.0. The number of likely N-dealkylation sites (tertiary alicyclic amines) is 1. The first-order valence-corrected chi connectivity index (χ1v) is 8.49. The van der Waals surface area contributed by atoms with Crippen molar-refractivity contribution < 1.29 is 14.3 Å². The number of hydrogen-bond acceptors (Lipinski definition) is 4. The molecule has 24 heavy (non-hydrogen) atoms. The Morgan fingerprint density at radius 3 is 2.88 bits per heavy atom. The zero-order valence-electron chi connectivity index (χ0n) is 14.8. The van der Waals surface area contributed by atoms with Crippen LogP contribution in [-0.4, -0.2) is 57.7 Å². The van der Waals surface area contributed by atoms with E-state index in [9.17, 15) is 9.59 Å². The lowest BCUT2D eigenvalue weighted by atomic mass is 9.82. The number of rotatable bonds is 3. The molecule has 1 aromatic heterocycles. The number of nitrogens with zero attached hydrogens (tertiary/aromatic N) is 2. The smallest absolute Gasteiger partial charge is 0.257 e. The summed E-state index contributed by atoms with van der Waals surface area (Å²) >= 11 is 0. The van der Waals surface area contributed by atoms with Gasteiger partial charge in [-0.15, -0.1) is 0 Å². The molecule has 3 heterocycles. The number of aromatic nitrogens is 2. The zero-order valence-corrected chi connectivity index (χ0v) is 14.8. The normalized spacial score (nSPS) is 28.5. The van der Waals surface area contributed by atoms with Crippen molar-refractivity contribution in [1.82, 2.24) is 20.4 Å². The third-order valence-corrected chi connectivity index (χ3v) is 5.28. The van der Waals surface area contributed by atoms with Gasteiger partial charge in [0, 0.05) is 25.7 Å². The number of amides is 2. The van der Waals surface area contributed by atoms with Gasteiger partial charge in [0.2, 0.25) is 5.91 Å². The molecular formula is C17H26N4O3. The van der Waals surface area contributed by atoms with Gasteiger partial charge in [-0.05, 0) is 33.6 Å². The van der Waals surface area contributed by atoms with Crippen molar-refractivity contribution in [3.05, 3.63) is 17.5 Å². The Kier molecular flexibility index (Phi) is 4.15. The van der Waals surface area contributed by atoms with E-state index >= 15 is 0 Å². The second-order valence-corrected chi connectivity index (χ2v) is 7.49. The Morgan fingerprint density at radius 1 is 1.50 bits per heavy atom. The molecule has 2 aliphatic rings. The van der Waals surface area contributed by atoms with Gasteiger partial charge in [0.25, 0.3) is 5.91 Å². The minimum Gasteiger partial charge on any atom is -0.369 e. The van der Waals surface area contributed by atoms with Crippen molar-refractivity contribution in [2.75, 3.05) is 13.6 Å². The monoisotopic (exact) mass is 334 g/mol. The summed E-state index contributed by atoms with van der Waals surface area (Å²) in [5.41, 5.74) is 0.590. The largest absolute Gasteiger partial charge is 0.369 e. The first-order chi connectivity index (χ1) is 11.3. The van der Waals surface area contributed by atoms with E-state index in [1.807, 2.05) is 25.7 Å². The SMILES string of the molecule is CNC(=O)C[C@@H]1OC(C)(C)C[C@]12CCCN2C(=O)c1cn[nH]c1C. The highest BCUT2D eigenvalue weighted by Gasteiger charge is 2.58. The molecule has 1 spiro atoms. The number of ether oxygens (including phenoxy) is 1. The van der Waals surface area contributed by atoms with Crippen LogP contribution in [0.25, 0.3) is 0 Å². The number of nitrogens with one attached hydrogen (secondary N) is 2. The maximum absolute atomic E-state index is 13.1. The van der Waals surface area contributed by atoms with Gasteiger partial charge in [-0.2, -0.15) is 5.10 Å². The van der Waals surface area contributed by atoms with Crippen molar-refractivity contribution in [3.8, 4) is 0 Å². The van der Waals surface area contributed by atoms with Crippen LogP contribution in [-0.2, 0) is 9.53 Å². The van der Waals surface area contributed by atoms with E-state index in [1.54, 1.807) is 13.2 Å². The van der Waals surface area contributed by atoms with Crippen molar-refractivity contribution in [1.29, 1.82) is 0 Å². The van der Waals surface area contributed by atoms with Crippen LogP contribution in [0.5, 0.6) is 0 Å². The second kappa shape index (κ2) is 5.88. The average molecular weight is 334 g/mol. The molecule has 3 rings (SSSR count). The molecular weight excluding hydrogens is 308 g/mol. The van der Waals surface area contributed by atoms with Gasteiger partial charge < -0.3 is 15.0 Å². The van der Waals surface area contributed by atoms with Crippen LogP contribution in [0.1, 0.15) is 55.6 Å².